The molecule has 2 rings (SSSR count). The summed E-state index contributed by atoms with van der Waals surface area (Å²) in [7, 11) is 1.55. The van der Waals surface area contributed by atoms with Crippen LogP contribution in [0.1, 0.15) is 42.6 Å². The molecule has 0 spiro atoms. The Balaban J connectivity index is 2.36. The molecule has 1 aromatic rings. The van der Waals surface area contributed by atoms with Gasteiger partial charge in [-0.3, -0.25) is 4.79 Å². The summed E-state index contributed by atoms with van der Waals surface area (Å²) in [4.78, 5) is 11.1. The fourth-order valence-electron chi connectivity index (χ4n) is 2.30. The molecule has 5 heteroatoms. The van der Waals surface area contributed by atoms with Crippen molar-refractivity contribution in [3.63, 3.8) is 0 Å². The number of allylic oxidation sites excluding steroid dienone is 1. The first-order valence-electron chi connectivity index (χ1n) is 7.48. The second-order valence-corrected chi connectivity index (χ2v) is 4.89. The van der Waals surface area contributed by atoms with Crippen molar-refractivity contribution < 1.29 is 23.7 Å². The number of benzene rings is 1. The van der Waals surface area contributed by atoms with E-state index in [1.165, 1.54) is 0 Å². The second-order valence-electron chi connectivity index (χ2n) is 4.89. The zero-order valence-corrected chi connectivity index (χ0v) is 13.3. The fraction of sp³-hybridized carbons (Fsp3) is 0.471. The highest BCUT2D eigenvalue weighted by Crippen LogP contribution is 2.45. The van der Waals surface area contributed by atoms with Gasteiger partial charge in [-0.2, -0.15) is 0 Å². The molecule has 5 nitrogen and oxygen atoms in total. The first kappa shape index (κ1) is 16.5. The Labute approximate surface area is 130 Å². The molecule has 0 radical (unpaired) electrons. The lowest BCUT2D eigenvalue weighted by Gasteiger charge is -2.14. The smallest absolute Gasteiger partial charge is 0.229 e. The highest BCUT2D eigenvalue weighted by atomic mass is 16.8. The number of carbonyl (C=O) groups is 1. The Morgan fingerprint density at radius 2 is 2.14 bits per heavy atom. The molecule has 0 bridgehead atoms. The van der Waals surface area contributed by atoms with E-state index in [0.29, 0.717) is 23.7 Å². The zero-order valence-electron chi connectivity index (χ0n) is 13.3. The lowest BCUT2D eigenvalue weighted by atomic mass is 10.0. The number of hydrogen-bond donors (Lipinski definition) is 0. The molecule has 0 fully saturated rings. The molecular formula is C17H22O5. The van der Waals surface area contributed by atoms with Crippen LogP contribution in [0.4, 0.5) is 0 Å². The van der Waals surface area contributed by atoms with Crippen LogP contribution in [-0.4, -0.2) is 33.1 Å². The van der Waals surface area contributed by atoms with Gasteiger partial charge in [0.2, 0.25) is 6.29 Å². The topological polar surface area (TPSA) is 54.0 Å². The molecule has 22 heavy (non-hydrogen) atoms. The average molecular weight is 306 g/mol. The quantitative estimate of drug-likeness (QED) is 0.418. The van der Waals surface area contributed by atoms with Crippen LogP contribution < -0.4 is 9.47 Å². The first-order chi connectivity index (χ1) is 10.7. The number of unbranched alkanes of at least 4 members (excludes halogenated alkanes) is 1. The number of rotatable bonds is 8. The van der Waals surface area contributed by atoms with Gasteiger partial charge in [0, 0.05) is 23.3 Å². The molecule has 120 valence electrons. The third kappa shape index (κ3) is 3.48. The summed E-state index contributed by atoms with van der Waals surface area (Å²) in [6.45, 7) is 4.74. The second kappa shape index (κ2) is 7.96. The van der Waals surface area contributed by atoms with Crippen molar-refractivity contribution in [2.45, 2.75) is 33.0 Å². The normalized spacial score (nSPS) is 18.1. The van der Waals surface area contributed by atoms with E-state index in [9.17, 15) is 4.79 Å². The molecule has 0 N–H and O–H groups in total. The molecule has 1 aromatic carbocycles. The van der Waals surface area contributed by atoms with Crippen LogP contribution in [-0.2, 0) is 9.47 Å². The third-order valence-electron chi connectivity index (χ3n) is 3.38. The van der Waals surface area contributed by atoms with E-state index in [1.54, 1.807) is 19.2 Å². The summed E-state index contributed by atoms with van der Waals surface area (Å²) in [6, 6.07) is 3.46. The van der Waals surface area contributed by atoms with E-state index in [0.717, 1.165) is 30.3 Å². The molecule has 0 saturated carbocycles. The van der Waals surface area contributed by atoms with E-state index >= 15 is 0 Å². The van der Waals surface area contributed by atoms with Crippen molar-refractivity contribution in [3.05, 3.63) is 29.3 Å². The van der Waals surface area contributed by atoms with Crippen LogP contribution in [0, 0.1) is 0 Å². The van der Waals surface area contributed by atoms with Crippen LogP contribution in [0.5, 0.6) is 11.5 Å². The molecule has 1 aliphatic heterocycles. The average Bonchev–Trinajstić information content (AvgIpc) is 2.89. The van der Waals surface area contributed by atoms with Crippen LogP contribution >= 0.6 is 0 Å². The van der Waals surface area contributed by atoms with Crippen molar-refractivity contribution >= 4 is 11.9 Å². The molecule has 0 aromatic heterocycles. The zero-order chi connectivity index (χ0) is 15.9. The van der Waals surface area contributed by atoms with Gasteiger partial charge in [-0.1, -0.05) is 19.4 Å². The molecule has 1 aliphatic rings. The third-order valence-corrected chi connectivity index (χ3v) is 3.38. The van der Waals surface area contributed by atoms with Crippen molar-refractivity contribution in [2.24, 2.45) is 0 Å². The van der Waals surface area contributed by atoms with Gasteiger partial charge >= 0.3 is 0 Å². The van der Waals surface area contributed by atoms with Gasteiger partial charge in [0.1, 0.15) is 6.29 Å². The van der Waals surface area contributed by atoms with E-state index in [2.05, 4.69) is 13.0 Å². The number of ether oxygens (including phenoxy) is 4. The van der Waals surface area contributed by atoms with E-state index in [-0.39, 0.29) is 6.79 Å². The molecule has 1 atom stereocenters. The fourth-order valence-corrected chi connectivity index (χ4v) is 2.30. The minimum absolute atomic E-state index is 0.154. The number of hydrogen-bond acceptors (Lipinski definition) is 5. The molecular weight excluding hydrogens is 284 g/mol. The number of carbonyl (C=O) groups excluding carboxylic acids is 1. The van der Waals surface area contributed by atoms with Gasteiger partial charge in [-0.05, 0) is 25.5 Å². The van der Waals surface area contributed by atoms with Gasteiger partial charge in [0.25, 0.3) is 0 Å². The van der Waals surface area contributed by atoms with Gasteiger partial charge in [-0.25, -0.2) is 0 Å². The van der Waals surface area contributed by atoms with E-state index in [4.69, 9.17) is 18.9 Å². The summed E-state index contributed by atoms with van der Waals surface area (Å²) in [5, 5.41) is 0. The van der Waals surface area contributed by atoms with Gasteiger partial charge < -0.3 is 18.9 Å². The van der Waals surface area contributed by atoms with Gasteiger partial charge in [-0.15, -0.1) is 0 Å². The van der Waals surface area contributed by atoms with Gasteiger partial charge in [0.05, 0.1) is 7.11 Å². The molecule has 1 heterocycles. The Bertz CT molecular complexity index is 550. The summed E-state index contributed by atoms with van der Waals surface area (Å²) < 4.78 is 22.1. The number of aldehydes is 1. The maximum atomic E-state index is 11.1. The summed E-state index contributed by atoms with van der Waals surface area (Å²) in [5.74, 6) is 1.14. The molecule has 0 saturated heterocycles. The summed E-state index contributed by atoms with van der Waals surface area (Å²) in [6.07, 6.45) is 4.26. The minimum atomic E-state index is -0.538. The minimum Gasteiger partial charge on any atom is -0.493 e. The Morgan fingerprint density at radius 3 is 2.77 bits per heavy atom. The van der Waals surface area contributed by atoms with Gasteiger partial charge in [0.15, 0.2) is 18.3 Å². The van der Waals surface area contributed by atoms with Crippen LogP contribution in [0.25, 0.3) is 5.57 Å². The first-order valence-corrected chi connectivity index (χ1v) is 7.48. The largest absolute Gasteiger partial charge is 0.493 e. The summed E-state index contributed by atoms with van der Waals surface area (Å²) >= 11 is 0. The predicted octanol–water partition coefficient (Wildman–Crippen LogP) is 3.42. The molecule has 0 aliphatic carbocycles. The van der Waals surface area contributed by atoms with Crippen LogP contribution in [0.15, 0.2) is 18.2 Å². The van der Waals surface area contributed by atoms with E-state index in [1.807, 2.05) is 6.92 Å². The number of methoxy groups -OCH3 is 1. The molecule has 1 unspecified atom stereocenters. The lowest BCUT2D eigenvalue weighted by Crippen LogP contribution is -2.19. The highest BCUT2D eigenvalue weighted by molar-refractivity contribution is 5.85. The monoisotopic (exact) mass is 306 g/mol. The predicted molar refractivity (Wildman–Crippen MR) is 83.3 cm³/mol. The maximum Gasteiger partial charge on any atom is 0.229 e. The maximum absolute atomic E-state index is 11.1. The Morgan fingerprint density at radius 1 is 1.32 bits per heavy atom. The molecule has 0 amide bonds. The SMILES string of the molecule is CCC/C=C1\c2cc(C=O)cc(OC)c2OC1OCOCC. The standard InChI is InChI=1S/C17H22O5/c1-4-6-7-13-14-8-12(10-18)9-15(19-3)16(14)22-17(13)21-11-20-5-2/h7-10,17H,4-6,11H2,1-3H3/b13-7+. The Hall–Kier alpha value is -1.85. The van der Waals surface area contributed by atoms with Crippen molar-refractivity contribution in [3.8, 4) is 11.5 Å². The number of fused-ring (bicyclic) bond motifs is 1. The van der Waals surface area contributed by atoms with Crippen molar-refractivity contribution in [2.75, 3.05) is 20.5 Å². The van der Waals surface area contributed by atoms with Crippen molar-refractivity contribution in [1.82, 2.24) is 0 Å². The highest BCUT2D eigenvalue weighted by Gasteiger charge is 2.32. The van der Waals surface area contributed by atoms with Crippen molar-refractivity contribution in [1.29, 1.82) is 0 Å². The lowest BCUT2D eigenvalue weighted by molar-refractivity contribution is -0.124. The van der Waals surface area contributed by atoms with Crippen LogP contribution in [0.3, 0.4) is 0 Å². The Kier molecular flexibility index (Phi) is 5.98. The summed E-state index contributed by atoms with van der Waals surface area (Å²) in [5.41, 5.74) is 2.31. The van der Waals surface area contributed by atoms with Crippen LogP contribution in [0.2, 0.25) is 0 Å². The van der Waals surface area contributed by atoms with E-state index < -0.39 is 6.29 Å².